The number of ketones is 1. The zero-order chi connectivity index (χ0) is 26.0. The van der Waals surface area contributed by atoms with E-state index in [-0.39, 0.29) is 18.1 Å². The molecule has 1 aliphatic heterocycles. The fourth-order valence-corrected chi connectivity index (χ4v) is 4.59. The Bertz CT molecular complexity index is 1420. The largest absolute Gasteiger partial charge is 0.454 e. The zero-order valence-electron chi connectivity index (χ0n) is 21.2. The van der Waals surface area contributed by atoms with E-state index < -0.39 is 12.6 Å². The molecule has 8 heteroatoms. The highest BCUT2D eigenvalue weighted by molar-refractivity contribution is 6.02. The van der Waals surface area contributed by atoms with Gasteiger partial charge in [0.1, 0.15) is 11.6 Å². The van der Waals surface area contributed by atoms with Crippen LogP contribution in [-0.4, -0.2) is 34.3 Å². The third-order valence-electron chi connectivity index (χ3n) is 6.38. The molecule has 36 heavy (non-hydrogen) atoms. The Hall–Kier alpha value is -4.25. The minimum atomic E-state index is -0.823. The van der Waals surface area contributed by atoms with Crippen LogP contribution < -0.4 is 9.47 Å². The van der Waals surface area contributed by atoms with Gasteiger partial charge in [0.05, 0.1) is 0 Å². The van der Waals surface area contributed by atoms with Crippen molar-refractivity contribution < 1.29 is 23.8 Å². The van der Waals surface area contributed by atoms with Crippen molar-refractivity contribution in [2.45, 2.75) is 47.6 Å². The molecule has 2 aromatic heterocycles. The van der Waals surface area contributed by atoms with Crippen LogP contribution in [0.2, 0.25) is 0 Å². The van der Waals surface area contributed by atoms with Gasteiger partial charge in [-0.15, -0.1) is 0 Å². The topological polar surface area (TPSA) is 95.5 Å². The average Bonchev–Trinajstić information content (AvgIpc) is 3.52. The molecule has 3 heterocycles. The molecular formula is C28H29N3O5. The Balaban J connectivity index is 1.49. The summed E-state index contributed by atoms with van der Waals surface area (Å²) in [6, 6.07) is 11.2. The Morgan fingerprint density at radius 1 is 1.06 bits per heavy atom. The number of carbonyl (C=O) groups is 2. The zero-order valence-corrected chi connectivity index (χ0v) is 21.2. The summed E-state index contributed by atoms with van der Waals surface area (Å²) in [5.74, 6) is 0.156. The van der Waals surface area contributed by atoms with Crippen LogP contribution >= 0.6 is 0 Å². The summed E-state index contributed by atoms with van der Waals surface area (Å²) in [6.07, 6.45) is 2.50. The highest BCUT2D eigenvalue weighted by Gasteiger charge is 2.21. The number of rotatable bonds is 8. The predicted molar refractivity (Wildman–Crippen MR) is 134 cm³/mol. The molecule has 0 bridgehead atoms. The lowest BCUT2D eigenvalue weighted by atomic mass is 10.1. The summed E-state index contributed by atoms with van der Waals surface area (Å²) >= 11 is 0. The maximum atomic E-state index is 13.0. The molecule has 3 aromatic rings. The van der Waals surface area contributed by atoms with Crippen LogP contribution in [0, 0.1) is 39.0 Å². The lowest BCUT2D eigenvalue weighted by Gasteiger charge is -2.11. The molecule has 0 spiro atoms. The molecule has 8 nitrogen and oxygen atoms in total. The summed E-state index contributed by atoms with van der Waals surface area (Å²) in [6.45, 7) is 10.3. The van der Waals surface area contributed by atoms with Crippen LogP contribution in [-0.2, 0) is 16.1 Å². The van der Waals surface area contributed by atoms with Crippen LogP contribution in [0.5, 0.6) is 11.5 Å². The summed E-state index contributed by atoms with van der Waals surface area (Å²) in [4.78, 5) is 25.6. The number of aromatic nitrogens is 2. The Labute approximate surface area is 210 Å². The van der Waals surface area contributed by atoms with Gasteiger partial charge < -0.3 is 23.3 Å². The number of nitriles is 1. The molecule has 0 saturated heterocycles. The summed E-state index contributed by atoms with van der Waals surface area (Å²) in [5, 5.41) is 9.55. The molecule has 0 unspecified atom stereocenters. The highest BCUT2D eigenvalue weighted by atomic mass is 16.7. The number of Topliss-reactive ketones (excluding diaryl/α,β-unsaturated/α-hetero) is 1. The maximum absolute atomic E-state index is 13.0. The number of aryl methyl sites for hydroxylation is 2. The van der Waals surface area contributed by atoms with Crippen molar-refractivity contribution in [3.8, 4) is 23.3 Å². The first-order chi connectivity index (χ1) is 17.2. The van der Waals surface area contributed by atoms with Crippen LogP contribution in [0.3, 0.4) is 0 Å². The van der Waals surface area contributed by atoms with Gasteiger partial charge in [-0.05, 0) is 70.0 Å². The first-order valence-corrected chi connectivity index (χ1v) is 11.8. The van der Waals surface area contributed by atoms with Crippen molar-refractivity contribution in [3.63, 3.8) is 0 Å². The fourth-order valence-electron chi connectivity index (χ4n) is 4.59. The van der Waals surface area contributed by atoms with E-state index in [1.807, 2.05) is 62.6 Å². The monoisotopic (exact) mass is 487 g/mol. The van der Waals surface area contributed by atoms with Crippen molar-refractivity contribution in [1.82, 2.24) is 9.13 Å². The van der Waals surface area contributed by atoms with E-state index in [0.717, 1.165) is 41.3 Å². The van der Waals surface area contributed by atoms with Gasteiger partial charge in [0.2, 0.25) is 12.6 Å². The molecule has 0 atom stereocenters. The number of esters is 1. The van der Waals surface area contributed by atoms with Crippen LogP contribution in [0.1, 0.15) is 52.0 Å². The molecule has 0 radical (unpaired) electrons. The van der Waals surface area contributed by atoms with E-state index in [1.54, 1.807) is 6.07 Å². The standard InChI is InChI=1S/C28H29N3O5/c1-6-9-30-17(2)10-21(19(30)4)12-22(14-29)28(33)34-15-25(32)24-11-18(3)31(20(24)5)23-7-8-26-27(13-23)36-16-35-26/h7-8,10-13H,6,9,15-16H2,1-5H3/b22-12+. The maximum Gasteiger partial charge on any atom is 0.349 e. The minimum absolute atomic E-state index is 0.148. The van der Waals surface area contributed by atoms with Gasteiger partial charge >= 0.3 is 5.97 Å². The second-order valence-electron chi connectivity index (χ2n) is 8.81. The number of hydrogen-bond donors (Lipinski definition) is 0. The van der Waals surface area contributed by atoms with Gasteiger partial charge in [-0.3, -0.25) is 4.79 Å². The Morgan fingerprint density at radius 2 is 1.81 bits per heavy atom. The molecule has 1 aromatic carbocycles. The molecule has 4 rings (SSSR count). The van der Waals surface area contributed by atoms with Gasteiger partial charge in [0.15, 0.2) is 18.1 Å². The van der Waals surface area contributed by atoms with E-state index in [1.165, 1.54) is 6.08 Å². The minimum Gasteiger partial charge on any atom is -0.454 e. The quantitative estimate of drug-likeness (QED) is 0.192. The van der Waals surface area contributed by atoms with Crippen molar-refractivity contribution >= 4 is 17.8 Å². The van der Waals surface area contributed by atoms with Crippen molar-refractivity contribution in [3.05, 3.63) is 69.8 Å². The highest BCUT2D eigenvalue weighted by Crippen LogP contribution is 2.35. The first kappa shape index (κ1) is 24.9. The van der Waals surface area contributed by atoms with Crippen LogP contribution in [0.25, 0.3) is 11.8 Å². The third kappa shape index (κ3) is 4.65. The molecule has 1 aliphatic rings. The van der Waals surface area contributed by atoms with E-state index in [4.69, 9.17) is 14.2 Å². The Kier molecular flexibility index (Phi) is 7.02. The Morgan fingerprint density at radius 3 is 2.53 bits per heavy atom. The number of hydrogen-bond acceptors (Lipinski definition) is 6. The first-order valence-electron chi connectivity index (χ1n) is 11.8. The number of nitrogens with zero attached hydrogens (tertiary/aromatic N) is 3. The summed E-state index contributed by atoms with van der Waals surface area (Å²) < 4.78 is 20.2. The number of ether oxygens (including phenoxy) is 3. The second-order valence-corrected chi connectivity index (χ2v) is 8.81. The molecule has 0 N–H and O–H groups in total. The van der Waals surface area contributed by atoms with Gasteiger partial charge in [-0.2, -0.15) is 5.26 Å². The smallest absolute Gasteiger partial charge is 0.349 e. The van der Waals surface area contributed by atoms with Crippen molar-refractivity contribution in [2.75, 3.05) is 13.4 Å². The molecule has 186 valence electrons. The van der Waals surface area contributed by atoms with E-state index >= 15 is 0 Å². The van der Waals surface area contributed by atoms with Crippen molar-refractivity contribution in [2.24, 2.45) is 0 Å². The average molecular weight is 488 g/mol. The lowest BCUT2D eigenvalue weighted by molar-refractivity contribution is -0.137. The van der Waals surface area contributed by atoms with Gasteiger partial charge in [-0.25, -0.2) is 4.79 Å². The summed E-state index contributed by atoms with van der Waals surface area (Å²) in [7, 11) is 0. The van der Waals surface area contributed by atoms with Crippen LogP contribution in [0.4, 0.5) is 0 Å². The molecule has 0 aliphatic carbocycles. The van der Waals surface area contributed by atoms with Gasteiger partial charge in [-0.1, -0.05) is 6.92 Å². The normalized spacial score (nSPS) is 12.5. The number of fused-ring (bicyclic) bond motifs is 1. The number of benzene rings is 1. The van der Waals surface area contributed by atoms with Gasteiger partial charge in [0, 0.05) is 46.6 Å². The SMILES string of the molecule is CCCn1c(C)cc(/C=C(\C#N)C(=O)OCC(=O)c2cc(C)n(-c3ccc4c(c3)OCO4)c2C)c1C. The molecule has 0 amide bonds. The lowest BCUT2D eigenvalue weighted by Crippen LogP contribution is -2.16. The third-order valence-corrected chi connectivity index (χ3v) is 6.38. The van der Waals surface area contributed by atoms with Crippen molar-refractivity contribution in [1.29, 1.82) is 5.26 Å². The van der Waals surface area contributed by atoms with E-state index in [2.05, 4.69) is 11.5 Å². The fraction of sp³-hybridized carbons (Fsp3) is 0.321. The molecular weight excluding hydrogens is 458 g/mol. The number of carbonyl (C=O) groups excluding carboxylic acids is 2. The molecule has 0 saturated carbocycles. The van der Waals surface area contributed by atoms with E-state index in [9.17, 15) is 14.9 Å². The predicted octanol–water partition coefficient (Wildman–Crippen LogP) is 4.98. The van der Waals surface area contributed by atoms with Gasteiger partial charge in [0.25, 0.3) is 0 Å². The summed E-state index contributed by atoms with van der Waals surface area (Å²) in [5.41, 5.74) is 5.51. The van der Waals surface area contributed by atoms with E-state index in [0.29, 0.717) is 22.8 Å². The second kappa shape index (κ2) is 10.2. The van der Waals surface area contributed by atoms with Crippen LogP contribution in [0.15, 0.2) is 35.9 Å². The molecule has 0 fully saturated rings.